The molecule has 0 saturated carbocycles. The summed E-state index contributed by atoms with van der Waals surface area (Å²) >= 11 is 0. The summed E-state index contributed by atoms with van der Waals surface area (Å²) in [5.74, 6) is 1.44. The predicted molar refractivity (Wildman–Crippen MR) is 93.4 cm³/mol. The zero-order chi connectivity index (χ0) is 17.4. The second kappa shape index (κ2) is 8.62. The van der Waals surface area contributed by atoms with E-state index in [1.54, 1.807) is 33.5 Å². The Kier molecular flexibility index (Phi) is 6.25. The quantitative estimate of drug-likeness (QED) is 0.794. The third-order valence-corrected chi connectivity index (χ3v) is 3.47. The average Bonchev–Trinajstić information content (AvgIpc) is 2.64. The third kappa shape index (κ3) is 4.29. The van der Waals surface area contributed by atoms with Crippen molar-refractivity contribution in [3.63, 3.8) is 0 Å². The van der Waals surface area contributed by atoms with Crippen LogP contribution in [0.1, 0.15) is 11.1 Å². The van der Waals surface area contributed by atoms with Crippen LogP contribution >= 0.6 is 0 Å². The second-order valence-electron chi connectivity index (χ2n) is 4.96. The fourth-order valence-electron chi connectivity index (χ4n) is 2.28. The van der Waals surface area contributed by atoms with E-state index in [-0.39, 0.29) is 5.91 Å². The summed E-state index contributed by atoms with van der Waals surface area (Å²) in [6.07, 6.45) is 3.27. The Labute approximate surface area is 141 Å². The maximum absolute atomic E-state index is 12.0. The summed E-state index contributed by atoms with van der Waals surface area (Å²) in [6.45, 7) is 0.321. The highest BCUT2D eigenvalue weighted by atomic mass is 16.5. The van der Waals surface area contributed by atoms with E-state index < -0.39 is 0 Å². The SMILES string of the molecule is COc1ccc(CNC(=O)/C=C/c2ccccc2)c(OC)c1OC. The lowest BCUT2D eigenvalue weighted by Gasteiger charge is -2.15. The number of benzene rings is 2. The summed E-state index contributed by atoms with van der Waals surface area (Å²) in [7, 11) is 4.66. The van der Waals surface area contributed by atoms with Gasteiger partial charge in [0.1, 0.15) is 0 Å². The minimum absolute atomic E-state index is 0.185. The van der Waals surface area contributed by atoms with Gasteiger partial charge in [0.05, 0.1) is 21.3 Å². The molecule has 2 aromatic rings. The summed E-state index contributed by atoms with van der Waals surface area (Å²) in [5, 5.41) is 2.83. The number of ether oxygens (including phenoxy) is 3. The van der Waals surface area contributed by atoms with Gasteiger partial charge in [-0.05, 0) is 23.8 Å². The van der Waals surface area contributed by atoms with Gasteiger partial charge in [0, 0.05) is 18.2 Å². The zero-order valence-corrected chi connectivity index (χ0v) is 14.0. The maximum Gasteiger partial charge on any atom is 0.244 e. The van der Waals surface area contributed by atoms with Gasteiger partial charge in [-0.2, -0.15) is 0 Å². The molecule has 0 aliphatic carbocycles. The lowest BCUT2D eigenvalue weighted by atomic mass is 10.1. The highest BCUT2D eigenvalue weighted by molar-refractivity contribution is 5.91. The van der Waals surface area contributed by atoms with Crippen LogP contribution in [0, 0.1) is 0 Å². The number of methoxy groups -OCH3 is 3. The summed E-state index contributed by atoms with van der Waals surface area (Å²) in [4.78, 5) is 12.0. The number of amides is 1. The maximum atomic E-state index is 12.0. The number of rotatable bonds is 7. The summed E-state index contributed by atoms with van der Waals surface area (Å²) in [6, 6.07) is 13.3. The lowest BCUT2D eigenvalue weighted by molar-refractivity contribution is -0.116. The molecule has 0 bridgehead atoms. The van der Waals surface area contributed by atoms with Gasteiger partial charge in [-0.15, -0.1) is 0 Å². The molecule has 0 radical (unpaired) electrons. The fraction of sp³-hybridized carbons (Fsp3) is 0.211. The Morgan fingerprint density at radius 2 is 1.67 bits per heavy atom. The molecule has 1 amide bonds. The molecule has 126 valence electrons. The fourth-order valence-corrected chi connectivity index (χ4v) is 2.28. The van der Waals surface area contributed by atoms with Crippen molar-refractivity contribution in [1.82, 2.24) is 5.32 Å². The van der Waals surface area contributed by atoms with Gasteiger partial charge < -0.3 is 19.5 Å². The molecule has 5 nitrogen and oxygen atoms in total. The molecule has 5 heteroatoms. The van der Waals surface area contributed by atoms with Gasteiger partial charge in [-0.25, -0.2) is 0 Å². The monoisotopic (exact) mass is 327 g/mol. The van der Waals surface area contributed by atoms with Crippen LogP contribution in [0.2, 0.25) is 0 Å². The minimum Gasteiger partial charge on any atom is -0.493 e. The van der Waals surface area contributed by atoms with E-state index >= 15 is 0 Å². The van der Waals surface area contributed by atoms with E-state index in [9.17, 15) is 4.79 Å². The van der Waals surface area contributed by atoms with E-state index in [0.29, 0.717) is 23.8 Å². The number of nitrogens with one attached hydrogen (secondary N) is 1. The molecule has 1 N–H and O–H groups in total. The highest BCUT2D eigenvalue weighted by Gasteiger charge is 2.15. The first-order valence-corrected chi connectivity index (χ1v) is 7.48. The molecule has 0 aliphatic heterocycles. The van der Waals surface area contributed by atoms with Crippen molar-refractivity contribution >= 4 is 12.0 Å². The number of hydrogen-bond acceptors (Lipinski definition) is 4. The largest absolute Gasteiger partial charge is 0.493 e. The second-order valence-corrected chi connectivity index (χ2v) is 4.96. The molecule has 0 atom stereocenters. The van der Waals surface area contributed by atoms with Gasteiger partial charge in [-0.1, -0.05) is 30.3 Å². The number of carbonyl (C=O) groups is 1. The lowest BCUT2D eigenvalue weighted by Crippen LogP contribution is -2.20. The van der Waals surface area contributed by atoms with E-state index in [1.165, 1.54) is 6.08 Å². The van der Waals surface area contributed by atoms with Crippen LogP contribution in [0.3, 0.4) is 0 Å². The van der Waals surface area contributed by atoms with Gasteiger partial charge >= 0.3 is 0 Å². The molecule has 0 spiro atoms. The molecular weight excluding hydrogens is 306 g/mol. The highest BCUT2D eigenvalue weighted by Crippen LogP contribution is 2.39. The van der Waals surface area contributed by atoms with Gasteiger partial charge in [0.25, 0.3) is 0 Å². The van der Waals surface area contributed by atoms with Crippen LogP contribution < -0.4 is 19.5 Å². The Balaban J connectivity index is 2.06. The van der Waals surface area contributed by atoms with Crippen molar-refractivity contribution in [3.8, 4) is 17.2 Å². The first kappa shape index (κ1) is 17.4. The minimum atomic E-state index is -0.185. The van der Waals surface area contributed by atoms with Crippen LogP contribution in [0.4, 0.5) is 0 Å². The van der Waals surface area contributed by atoms with Crippen LogP contribution in [0.5, 0.6) is 17.2 Å². The molecule has 0 saturated heterocycles. The van der Waals surface area contributed by atoms with Crippen LogP contribution in [0.15, 0.2) is 48.5 Å². The Bertz CT molecular complexity index is 711. The number of hydrogen-bond donors (Lipinski definition) is 1. The molecule has 0 aliphatic rings. The Morgan fingerprint density at radius 3 is 2.29 bits per heavy atom. The van der Waals surface area contributed by atoms with E-state index in [1.807, 2.05) is 36.4 Å². The first-order valence-electron chi connectivity index (χ1n) is 7.48. The van der Waals surface area contributed by atoms with Crippen molar-refractivity contribution in [1.29, 1.82) is 0 Å². The van der Waals surface area contributed by atoms with Crippen LogP contribution in [-0.2, 0) is 11.3 Å². The standard InChI is InChI=1S/C19H21NO4/c1-22-16-11-10-15(18(23-2)19(16)24-3)13-20-17(21)12-9-14-7-5-4-6-8-14/h4-12H,13H2,1-3H3,(H,20,21)/b12-9+. The van der Waals surface area contributed by atoms with Crippen molar-refractivity contribution in [2.24, 2.45) is 0 Å². The number of carbonyl (C=O) groups excluding carboxylic acids is 1. The summed E-state index contributed by atoms with van der Waals surface area (Å²) < 4.78 is 16.0. The van der Waals surface area contributed by atoms with Crippen molar-refractivity contribution in [2.75, 3.05) is 21.3 Å². The molecule has 0 heterocycles. The first-order chi connectivity index (χ1) is 11.7. The Morgan fingerprint density at radius 1 is 0.958 bits per heavy atom. The van der Waals surface area contributed by atoms with E-state index in [2.05, 4.69) is 5.32 Å². The van der Waals surface area contributed by atoms with Crippen molar-refractivity contribution in [3.05, 3.63) is 59.7 Å². The average molecular weight is 327 g/mol. The third-order valence-electron chi connectivity index (χ3n) is 3.47. The molecule has 24 heavy (non-hydrogen) atoms. The van der Waals surface area contributed by atoms with Gasteiger partial charge in [0.15, 0.2) is 11.5 Å². The van der Waals surface area contributed by atoms with Gasteiger partial charge in [-0.3, -0.25) is 4.79 Å². The molecular formula is C19H21NO4. The van der Waals surface area contributed by atoms with Crippen LogP contribution in [0.25, 0.3) is 6.08 Å². The van der Waals surface area contributed by atoms with Crippen molar-refractivity contribution in [2.45, 2.75) is 6.54 Å². The van der Waals surface area contributed by atoms with Crippen molar-refractivity contribution < 1.29 is 19.0 Å². The van der Waals surface area contributed by atoms with E-state index in [0.717, 1.165) is 11.1 Å². The molecule has 0 unspecified atom stereocenters. The summed E-state index contributed by atoms with van der Waals surface area (Å²) in [5.41, 5.74) is 1.77. The molecule has 2 rings (SSSR count). The van der Waals surface area contributed by atoms with Gasteiger partial charge in [0.2, 0.25) is 11.7 Å². The zero-order valence-electron chi connectivity index (χ0n) is 14.0. The smallest absolute Gasteiger partial charge is 0.244 e. The Hall–Kier alpha value is -2.95. The normalized spacial score (nSPS) is 10.5. The van der Waals surface area contributed by atoms with Crippen LogP contribution in [-0.4, -0.2) is 27.2 Å². The topological polar surface area (TPSA) is 56.8 Å². The molecule has 2 aromatic carbocycles. The predicted octanol–water partition coefficient (Wildman–Crippen LogP) is 3.04. The molecule has 0 fully saturated rings. The van der Waals surface area contributed by atoms with E-state index in [4.69, 9.17) is 14.2 Å². The molecule has 0 aromatic heterocycles.